The van der Waals surface area contributed by atoms with Crippen LogP contribution in [0.3, 0.4) is 0 Å². The van der Waals surface area contributed by atoms with Gasteiger partial charge in [-0.1, -0.05) is 15.9 Å². The third-order valence-corrected chi connectivity index (χ3v) is 5.26. The van der Waals surface area contributed by atoms with Crippen LogP contribution < -0.4 is 10.6 Å². The van der Waals surface area contributed by atoms with Gasteiger partial charge < -0.3 is 15.4 Å². The van der Waals surface area contributed by atoms with Gasteiger partial charge in [-0.05, 0) is 48.9 Å². The van der Waals surface area contributed by atoms with E-state index in [1.54, 1.807) is 19.2 Å². The lowest BCUT2D eigenvalue weighted by Gasteiger charge is -2.12. The first kappa shape index (κ1) is 22.6. The molecule has 0 fully saturated rings. The summed E-state index contributed by atoms with van der Waals surface area (Å²) in [6.45, 7) is 0.833. The van der Waals surface area contributed by atoms with Crippen molar-refractivity contribution in [2.45, 2.75) is 12.8 Å². The van der Waals surface area contributed by atoms with Crippen molar-refractivity contribution >= 4 is 45.2 Å². The average Bonchev–Trinajstić information content (AvgIpc) is 2.99. The molecule has 0 aromatic heterocycles. The molecule has 8 nitrogen and oxygen atoms in total. The van der Waals surface area contributed by atoms with Gasteiger partial charge in [0.25, 0.3) is 17.7 Å². The van der Waals surface area contributed by atoms with Crippen molar-refractivity contribution in [3.05, 3.63) is 63.6 Å². The molecule has 2 aromatic carbocycles. The van der Waals surface area contributed by atoms with Gasteiger partial charge in [-0.15, -0.1) is 0 Å². The normalized spacial score (nSPS) is 12.6. The predicted octanol–water partition coefficient (Wildman–Crippen LogP) is 2.84. The number of hydrogen-bond donors (Lipinski definition) is 2. The highest BCUT2D eigenvalue weighted by Gasteiger charge is 2.35. The Labute approximate surface area is 188 Å². The number of halogens is 1. The van der Waals surface area contributed by atoms with E-state index in [2.05, 4.69) is 26.6 Å². The van der Waals surface area contributed by atoms with Crippen molar-refractivity contribution < 1.29 is 23.9 Å². The summed E-state index contributed by atoms with van der Waals surface area (Å²) >= 11 is 3.33. The molecular formula is C22H22BrN3O5. The first-order valence-electron chi connectivity index (χ1n) is 9.73. The maximum atomic E-state index is 12.6. The van der Waals surface area contributed by atoms with E-state index in [4.69, 9.17) is 4.74 Å². The highest BCUT2D eigenvalue weighted by atomic mass is 79.9. The number of carbonyl (C=O) groups is 4. The molecule has 0 unspecified atom stereocenters. The molecular weight excluding hydrogens is 466 g/mol. The fourth-order valence-corrected chi connectivity index (χ4v) is 3.41. The zero-order chi connectivity index (χ0) is 22.4. The van der Waals surface area contributed by atoms with Crippen molar-refractivity contribution in [2.24, 2.45) is 0 Å². The van der Waals surface area contributed by atoms with Crippen LogP contribution in [0.25, 0.3) is 0 Å². The molecule has 2 aromatic rings. The molecule has 1 aliphatic rings. The molecule has 1 heterocycles. The van der Waals surface area contributed by atoms with Crippen molar-refractivity contribution in [2.75, 3.05) is 32.1 Å². The average molecular weight is 488 g/mol. The van der Waals surface area contributed by atoms with Crippen LogP contribution >= 0.6 is 15.9 Å². The van der Waals surface area contributed by atoms with Gasteiger partial charge in [0, 0.05) is 49.0 Å². The van der Waals surface area contributed by atoms with E-state index in [1.165, 1.54) is 18.2 Å². The zero-order valence-corrected chi connectivity index (χ0v) is 18.5. The van der Waals surface area contributed by atoms with Crippen molar-refractivity contribution in [3.8, 4) is 0 Å². The van der Waals surface area contributed by atoms with Gasteiger partial charge in [-0.25, -0.2) is 0 Å². The van der Waals surface area contributed by atoms with Crippen molar-refractivity contribution in [1.29, 1.82) is 0 Å². The van der Waals surface area contributed by atoms with Crippen LogP contribution in [-0.4, -0.2) is 55.3 Å². The largest absolute Gasteiger partial charge is 0.385 e. The highest BCUT2D eigenvalue weighted by Crippen LogP contribution is 2.24. The van der Waals surface area contributed by atoms with E-state index in [0.717, 1.165) is 9.37 Å². The Bertz CT molecular complexity index is 1010. The number of hydrogen-bond acceptors (Lipinski definition) is 5. The van der Waals surface area contributed by atoms with Gasteiger partial charge in [0.15, 0.2) is 0 Å². The third-order valence-electron chi connectivity index (χ3n) is 4.73. The van der Waals surface area contributed by atoms with Gasteiger partial charge >= 0.3 is 0 Å². The second-order valence-electron chi connectivity index (χ2n) is 6.93. The first-order chi connectivity index (χ1) is 14.9. The SMILES string of the molecule is COCCCN1C(=O)c2ccc(C(=O)NCCC(=O)Nc3ccc(Br)cc3)cc2C1=O. The van der Waals surface area contributed by atoms with Gasteiger partial charge in [-0.2, -0.15) is 0 Å². The van der Waals surface area contributed by atoms with Crippen LogP contribution in [0, 0.1) is 0 Å². The van der Waals surface area contributed by atoms with Crippen LogP contribution in [0.1, 0.15) is 43.9 Å². The predicted molar refractivity (Wildman–Crippen MR) is 118 cm³/mol. The number of fused-ring (bicyclic) bond motifs is 1. The summed E-state index contributed by atoms with van der Waals surface area (Å²) in [7, 11) is 1.55. The van der Waals surface area contributed by atoms with Gasteiger partial charge in [0.05, 0.1) is 11.1 Å². The van der Waals surface area contributed by atoms with Crippen LogP contribution in [0.4, 0.5) is 5.69 Å². The fourth-order valence-electron chi connectivity index (χ4n) is 3.15. The number of anilines is 1. The number of rotatable bonds is 9. The maximum Gasteiger partial charge on any atom is 0.261 e. The molecule has 3 rings (SSSR count). The number of amides is 4. The topological polar surface area (TPSA) is 105 Å². The van der Waals surface area contributed by atoms with E-state index < -0.39 is 11.8 Å². The molecule has 9 heteroatoms. The molecule has 0 bridgehead atoms. The Morgan fingerprint density at radius 3 is 2.45 bits per heavy atom. The Morgan fingerprint density at radius 2 is 1.74 bits per heavy atom. The van der Waals surface area contributed by atoms with Crippen molar-refractivity contribution in [3.63, 3.8) is 0 Å². The van der Waals surface area contributed by atoms with Crippen LogP contribution in [0.15, 0.2) is 46.9 Å². The Hall–Kier alpha value is -3.04. The summed E-state index contributed by atoms with van der Waals surface area (Å²) in [6, 6.07) is 11.6. The van der Waals surface area contributed by atoms with E-state index >= 15 is 0 Å². The minimum atomic E-state index is -0.419. The molecule has 2 N–H and O–H groups in total. The molecule has 0 atom stereocenters. The van der Waals surface area contributed by atoms with Crippen molar-refractivity contribution in [1.82, 2.24) is 10.2 Å². The number of ether oxygens (including phenoxy) is 1. The van der Waals surface area contributed by atoms with Gasteiger partial charge in [0.2, 0.25) is 5.91 Å². The maximum absolute atomic E-state index is 12.6. The quantitative estimate of drug-likeness (QED) is 0.417. The molecule has 4 amide bonds. The number of benzene rings is 2. The summed E-state index contributed by atoms with van der Waals surface area (Å²) in [5.74, 6) is -1.44. The molecule has 0 aliphatic carbocycles. The minimum Gasteiger partial charge on any atom is -0.385 e. The van der Waals surface area contributed by atoms with E-state index in [0.29, 0.717) is 18.7 Å². The van der Waals surface area contributed by atoms with E-state index in [1.807, 2.05) is 12.1 Å². The molecule has 31 heavy (non-hydrogen) atoms. The standard InChI is InChI=1S/C22H22BrN3O5/c1-31-12-2-11-26-21(29)17-8-3-14(13-18(17)22(26)30)20(28)24-10-9-19(27)25-16-6-4-15(23)5-7-16/h3-8,13H,2,9-12H2,1H3,(H,24,28)(H,25,27). The van der Waals surface area contributed by atoms with E-state index in [-0.39, 0.29) is 48.0 Å². The Morgan fingerprint density at radius 1 is 1.03 bits per heavy atom. The summed E-state index contributed by atoms with van der Waals surface area (Å²) in [6.07, 6.45) is 0.634. The molecule has 1 aliphatic heterocycles. The summed E-state index contributed by atoms with van der Waals surface area (Å²) in [5, 5.41) is 5.41. The number of nitrogens with one attached hydrogen (secondary N) is 2. The lowest BCUT2D eigenvalue weighted by Crippen LogP contribution is -2.31. The summed E-state index contributed by atoms with van der Waals surface area (Å²) in [5.41, 5.74) is 1.42. The first-order valence-corrected chi connectivity index (χ1v) is 10.5. The minimum absolute atomic E-state index is 0.0947. The number of carbonyl (C=O) groups excluding carboxylic acids is 4. The van der Waals surface area contributed by atoms with Crippen LogP contribution in [-0.2, 0) is 9.53 Å². The highest BCUT2D eigenvalue weighted by molar-refractivity contribution is 9.10. The second kappa shape index (κ2) is 10.3. The molecule has 162 valence electrons. The number of imide groups is 1. The molecule has 0 saturated heterocycles. The summed E-state index contributed by atoms with van der Waals surface area (Å²) < 4.78 is 5.87. The Balaban J connectivity index is 1.54. The second-order valence-corrected chi connectivity index (χ2v) is 7.85. The molecule has 0 spiro atoms. The lowest BCUT2D eigenvalue weighted by molar-refractivity contribution is -0.116. The van der Waals surface area contributed by atoms with Gasteiger partial charge in [0.1, 0.15) is 0 Å². The van der Waals surface area contributed by atoms with E-state index in [9.17, 15) is 19.2 Å². The number of nitrogens with zero attached hydrogens (tertiary/aromatic N) is 1. The summed E-state index contributed by atoms with van der Waals surface area (Å²) in [4.78, 5) is 50.6. The molecule has 0 radical (unpaired) electrons. The third kappa shape index (κ3) is 5.56. The molecule has 0 saturated carbocycles. The lowest BCUT2D eigenvalue weighted by atomic mass is 10.1. The monoisotopic (exact) mass is 487 g/mol. The number of methoxy groups -OCH3 is 1. The van der Waals surface area contributed by atoms with Gasteiger partial charge in [-0.3, -0.25) is 24.1 Å². The van der Waals surface area contributed by atoms with Crippen LogP contribution in [0.2, 0.25) is 0 Å². The smallest absolute Gasteiger partial charge is 0.261 e. The Kier molecular flexibility index (Phi) is 7.54. The van der Waals surface area contributed by atoms with Crippen LogP contribution in [0.5, 0.6) is 0 Å². The zero-order valence-electron chi connectivity index (χ0n) is 16.9. The fraction of sp³-hybridized carbons (Fsp3) is 0.273.